The Bertz CT molecular complexity index is 1210. The van der Waals surface area contributed by atoms with Crippen molar-refractivity contribution in [2.24, 2.45) is 0 Å². The van der Waals surface area contributed by atoms with Crippen molar-refractivity contribution < 1.29 is 14.3 Å². The predicted molar refractivity (Wildman–Crippen MR) is 128 cm³/mol. The number of nitrogens with one attached hydrogen (secondary N) is 2. The minimum absolute atomic E-state index is 0.0637. The summed E-state index contributed by atoms with van der Waals surface area (Å²) in [4.78, 5) is 19.5. The Morgan fingerprint density at radius 3 is 2.70 bits per heavy atom. The number of ether oxygens (including phenoxy) is 2. The minimum atomic E-state index is -0.282. The Balaban J connectivity index is 1.39. The van der Waals surface area contributed by atoms with Gasteiger partial charge in [-0.15, -0.1) is 0 Å². The fraction of sp³-hybridized carbons (Fsp3) is 0.444. The molecule has 3 aliphatic rings. The molecule has 1 aliphatic carbocycles. The van der Waals surface area contributed by atoms with Gasteiger partial charge in [0.15, 0.2) is 11.5 Å². The first kappa shape index (κ1) is 20.6. The quantitative estimate of drug-likeness (QED) is 0.614. The second-order valence-electron chi connectivity index (χ2n) is 9.99. The molecule has 0 bridgehead atoms. The molecule has 2 aromatic carbocycles. The van der Waals surface area contributed by atoms with Gasteiger partial charge in [-0.3, -0.25) is 10.1 Å². The molecule has 3 aromatic rings. The highest BCUT2D eigenvalue weighted by Crippen LogP contribution is 2.40. The number of fused-ring (bicyclic) bond motifs is 4. The maximum atomic E-state index is 13.8. The van der Waals surface area contributed by atoms with E-state index in [1.54, 1.807) is 0 Å². The second kappa shape index (κ2) is 7.80. The Labute approximate surface area is 194 Å². The molecule has 33 heavy (non-hydrogen) atoms. The lowest BCUT2D eigenvalue weighted by Crippen LogP contribution is -2.57. The first-order chi connectivity index (χ1) is 16.0. The molecule has 1 amide bonds. The molecule has 1 aromatic heterocycles. The van der Waals surface area contributed by atoms with Gasteiger partial charge in [-0.25, -0.2) is 0 Å². The monoisotopic (exact) mass is 445 g/mol. The molecule has 6 rings (SSSR count). The van der Waals surface area contributed by atoms with Crippen LogP contribution in [-0.4, -0.2) is 41.2 Å². The summed E-state index contributed by atoms with van der Waals surface area (Å²) < 4.78 is 11.2. The van der Waals surface area contributed by atoms with E-state index in [0.717, 1.165) is 41.1 Å². The van der Waals surface area contributed by atoms with Gasteiger partial charge in [-0.2, -0.15) is 0 Å². The van der Waals surface area contributed by atoms with Crippen LogP contribution in [0.3, 0.4) is 0 Å². The molecule has 2 N–H and O–H groups in total. The van der Waals surface area contributed by atoms with E-state index < -0.39 is 0 Å². The molecule has 1 saturated carbocycles. The molecule has 3 heterocycles. The number of likely N-dealkylation sites (N-methyl/N-ethyl adjacent to an activating group) is 1. The van der Waals surface area contributed by atoms with Crippen LogP contribution < -0.4 is 14.8 Å². The van der Waals surface area contributed by atoms with Gasteiger partial charge in [0.25, 0.3) is 0 Å². The summed E-state index contributed by atoms with van der Waals surface area (Å²) >= 11 is 0. The highest BCUT2D eigenvalue weighted by Gasteiger charge is 2.40. The first-order valence-corrected chi connectivity index (χ1v) is 12.1. The van der Waals surface area contributed by atoms with Gasteiger partial charge < -0.3 is 19.4 Å². The van der Waals surface area contributed by atoms with Crippen LogP contribution in [0.5, 0.6) is 11.5 Å². The van der Waals surface area contributed by atoms with Crippen molar-refractivity contribution in [3.63, 3.8) is 0 Å². The molecule has 0 radical (unpaired) electrons. The van der Waals surface area contributed by atoms with Gasteiger partial charge >= 0.3 is 0 Å². The van der Waals surface area contributed by atoms with Crippen molar-refractivity contribution >= 4 is 16.8 Å². The van der Waals surface area contributed by atoms with Crippen molar-refractivity contribution in [3.8, 4) is 11.5 Å². The van der Waals surface area contributed by atoms with Gasteiger partial charge in [0.1, 0.15) is 0 Å². The van der Waals surface area contributed by atoms with Crippen LogP contribution in [0.15, 0.2) is 42.5 Å². The second-order valence-corrected chi connectivity index (χ2v) is 9.99. The van der Waals surface area contributed by atoms with E-state index in [-0.39, 0.29) is 30.3 Å². The SMILES string of the molecule is CN(C(=O)[C@H]1Cc2c([nH]c3ccccc23)[C@@H](c2ccc3c(c2)OCO3)N1)C1(C)CCCCC1. The number of H-pyrrole nitrogens is 1. The summed E-state index contributed by atoms with van der Waals surface area (Å²) in [6.07, 6.45) is 6.48. The third-order valence-electron chi connectivity index (χ3n) is 8.01. The lowest BCUT2D eigenvalue weighted by atomic mass is 9.81. The minimum Gasteiger partial charge on any atom is -0.454 e. The number of rotatable bonds is 3. The average Bonchev–Trinajstić information content (AvgIpc) is 3.47. The van der Waals surface area contributed by atoms with Crippen LogP contribution in [0.2, 0.25) is 0 Å². The van der Waals surface area contributed by atoms with Gasteiger partial charge in [0.05, 0.1) is 12.1 Å². The number of para-hydroxylation sites is 1. The number of benzene rings is 2. The van der Waals surface area contributed by atoms with E-state index in [1.165, 1.54) is 30.2 Å². The molecular formula is C27H31N3O3. The molecule has 0 spiro atoms. The molecular weight excluding hydrogens is 414 g/mol. The van der Waals surface area contributed by atoms with Crippen molar-refractivity contribution in [1.29, 1.82) is 0 Å². The maximum absolute atomic E-state index is 13.8. The summed E-state index contributed by atoms with van der Waals surface area (Å²) in [5.41, 5.74) is 4.47. The van der Waals surface area contributed by atoms with Crippen LogP contribution in [0, 0.1) is 0 Å². The summed E-state index contributed by atoms with van der Waals surface area (Å²) in [5, 5.41) is 4.89. The number of nitrogens with zero attached hydrogens (tertiary/aromatic N) is 1. The van der Waals surface area contributed by atoms with Crippen LogP contribution in [0.25, 0.3) is 10.9 Å². The van der Waals surface area contributed by atoms with E-state index in [9.17, 15) is 4.79 Å². The Kier molecular flexibility index (Phi) is 4.87. The van der Waals surface area contributed by atoms with Gasteiger partial charge in [-0.1, -0.05) is 43.5 Å². The highest BCUT2D eigenvalue weighted by molar-refractivity contribution is 5.89. The van der Waals surface area contributed by atoms with Crippen molar-refractivity contribution in [3.05, 3.63) is 59.3 Å². The first-order valence-electron chi connectivity index (χ1n) is 12.1. The topological polar surface area (TPSA) is 66.6 Å². The van der Waals surface area contributed by atoms with Gasteiger partial charge in [0.2, 0.25) is 12.7 Å². The van der Waals surface area contributed by atoms with Crippen LogP contribution in [-0.2, 0) is 11.2 Å². The lowest BCUT2D eigenvalue weighted by Gasteiger charge is -2.44. The smallest absolute Gasteiger partial charge is 0.240 e. The molecule has 0 unspecified atom stereocenters. The number of aromatic nitrogens is 1. The molecule has 6 nitrogen and oxygen atoms in total. The molecule has 1 fully saturated rings. The Morgan fingerprint density at radius 1 is 1.06 bits per heavy atom. The zero-order chi connectivity index (χ0) is 22.6. The fourth-order valence-electron chi connectivity index (χ4n) is 5.90. The zero-order valence-electron chi connectivity index (χ0n) is 19.3. The van der Waals surface area contributed by atoms with Crippen LogP contribution >= 0.6 is 0 Å². The van der Waals surface area contributed by atoms with Gasteiger partial charge in [0, 0.05) is 29.2 Å². The molecule has 6 heteroatoms. The fourth-order valence-corrected chi connectivity index (χ4v) is 5.90. The summed E-state index contributed by atoms with van der Waals surface area (Å²) in [5.74, 6) is 1.71. The summed E-state index contributed by atoms with van der Waals surface area (Å²) in [6, 6.07) is 14.0. The maximum Gasteiger partial charge on any atom is 0.240 e. The van der Waals surface area contributed by atoms with Gasteiger partial charge in [-0.05, 0) is 55.5 Å². The van der Waals surface area contributed by atoms with Crippen LogP contribution in [0.4, 0.5) is 0 Å². The molecule has 0 saturated heterocycles. The zero-order valence-corrected chi connectivity index (χ0v) is 19.3. The highest BCUT2D eigenvalue weighted by atomic mass is 16.7. The van der Waals surface area contributed by atoms with Crippen molar-refractivity contribution in [2.75, 3.05) is 13.8 Å². The molecule has 2 aliphatic heterocycles. The number of amides is 1. The van der Waals surface area contributed by atoms with E-state index in [4.69, 9.17) is 9.47 Å². The van der Waals surface area contributed by atoms with E-state index in [2.05, 4.69) is 41.5 Å². The normalized spacial score (nSPS) is 23.3. The third kappa shape index (κ3) is 3.39. The molecule has 2 atom stereocenters. The Hall–Kier alpha value is -2.99. The Morgan fingerprint density at radius 2 is 1.85 bits per heavy atom. The third-order valence-corrected chi connectivity index (χ3v) is 8.01. The van der Waals surface area contributed by atoms with Crippen molar-refractivity contribution in [2.45, 2.75) is 63.1 Å². The number of hydrogen-bond acceptors (Lipinski definition) is 4. The van der Waals surface area contributed by atoms with Crippen LogP contribution in [0.1, 0.15) is 61.9 Å². The van der Waals surface area contributed by atoms with Crippen molar-refractivity contribution in [1.82, 2.24) is 15.2 Å². The standard InChI is InChI=1S/C27H31N3O3/c1-27(12-6-3-7-13-27)30(2)26(31)21-15-19-18-8-4-5-9-20(18)28-25(19)24(29-21)17-10-11-22-23(14-17)33-16-32-22/h4-5,8-11,14,21,24,28-29H,3,6-7,12-13,15-16H2,1-2H3/t21-,24-/m1/s1. The number of hydrogen-bond donors (Lipinski definition) is 2. The number of carbonyl (C=O) groups is 1. The summed E-state index contributed by atoms with van der Waals surface area (Å²) in [7, 11) is 2.00. The van der Waals surface area contributed by atoms with E-state index >= 15 is 0 Å². The lowest BCUT2D eigenvalue weighted by molar-refractivity contribution is -0.139. The largest absolute Gasteiger partial charge is 0.454 e. The molecule has 172 valence electrons. The number of carbonyl (C=O) groups excluding carboxylic acids is 1. The predicted octanol–water partition coefficient (Wildman–Crippen LogP) is 4.68. The average molecular weight is 446 g/mol. The van der Waals surface area contributed by atoms with E-state index in [0.29, 0.717) is 6.42 Å². The summed E-state index contributed by atoms with van der Waals surface area (Å²) in [6.45, 7) is 2.50. The van der Waals surface area contributed by atoms with E-state index in [1.807, 2.05) is 30.1 Å². The number of aromatic amines is 1.